The molecule has 3 aliphatic heterocycles. The molecule has 0 saturated carbocycles. The molecule has 6 heteroatoms. The number of hydrogen-bond acceptors (Lipinski definition) is 6. The highest BCUT2D eigenvalue weighted by molar-refractivity contribution is 6.13. The third kappa shape index (κ3) is 8.28. The van der Waals surface area contributed by atoms with E-state index in [1.165, 1.54) is 22.4 Å². The number of fused-ring (bicyclic) bond motifs is 1. The van der Waals surface area contributed by atoms with Gasteiger partial charge in [-0.25, -0.2) is 0 Å². The van der Waals surface area contributed by atoms with Crippen molar-refractivity contribution in [2.24, 2.45) is 15.9 Å². The molecular weight excluding hydrogens is 797 g/mol. The van der Waals surface area contributed by atoms with E-state index >= 15 is 0 Å². The molecule has 0 bridgehead atoms. The number of aryl methyl sites for hydroxylation is 1. The van der Waals surface area contributed by atoms with E-state index in [2.05, 4.69) is 200 Å². The van der Waals surface area contributed by atoms with Crippen molar-refractivity contribution >= 4 is 17.2 Å². The summed E-state index contributed by atoms with van der Waals surface area (Å²) in [4.78, 5) is 11.1. The maximum atomic E-state index is 7.05. The Morgan fingerprint density at radius 3 is 2.37 bits per heavy atom. The lowest BCUT2D eigenvalue weighted by Crippen LogP contribution is -2.35. The lowest BCUT2D eigenvalue weighted by atomic mass is 9.75. The number of aliphatic imine (C=N–C) groups is 2. The topological polar surface area (TPSA) is 67.2 Å². The number of allylic oxidation sites excluding steroid dienone is 11. The predicted molar refractivity (Wildman–Crippen MR) is 264 cm³/mol. The van der Waals surface area contributed by atoms with Crippen LogP contribution in [0.3, 0.4) is 0 Å². The molecule has 6 nitrogen and oxygen atoms in total. The molecule has 0 spiro atoms. The minimum absolute atomic E-state index is 0.0872. The zero-order valence-electron chi connectivity index (χ0n) is 36.7. The van der Waals surface area contributed by atoms with Crippen LogP contribution >= 0.6 is 0 Å². The number of amidine groups is 1. The van der Waals surface area contributed by atoms with Gasteiger partial charge in [0, 0.05) is 57.5 Å². The monoisotopic (exact) mass is 848 g/mol. The summed E-state index contributed by atoms with van der Waals surface area (Å²) in [7, 11) is 0. The molecule has 3 unspecified atom stereocenters. The van der Waals surface area contributed by atoms with Crippen LogP contribution in [0, 0.1) is 12.8 Å². The third-order valence-corrected chi connectivity index (χ3v) is 13.3. The van der Waals surface area contributed by atoms with Gasteiger partial charge >= 0.3 is 0 Å². The lowest BCUT2D eigenvalue weighted by Gasteiger charge is -2.37. The van der Waals surface area contributed by atoms with Gasteiger partial charge in [-0.1, -0.05) is 158 Å². The molecule has 5 aromatic carbocycles. The SMILES string of the molecule is Cc1ccccc1Oc1cccc(C2N=C(C3=CC=CCC3)C=C(c3ccccc3)N2)c1C[C@H]1C2=C(CCC=C2C2=NC(c3ccccc3)C=C(C3C=CC=CC3)N2)Oc2ccccc21. The number of nitrogens with zero attached hydrogens (tertiary/aromatic N) is 2. The van der Waals surface area contributed by atoms with Gasteiger partial charge in [-0.2, -0.15) is 0 Å². The zero-order valence-corrected chi connectivity index (χ0v) is 36.7. The second-order valence-electron chi connectivity index (χ2n) is 17.5. The molecular formula is C59H52N4O2. The fourth-order valence-electron chi connectivity index (χ4n) is 9.96. The Morgan fingerprint density at radius 2 is 1.54 bits per heavy atom. The van der Waals surface area contributed by atoms with E-state index in [4.69, 9.17) is 19.5 Å². The molecule has 3 aliphatic carbocycles. The van der Waals surface area contributed by atoms with Gasteiger partial charge < -0.3 is 20.1 Å². The van der Waals surface area contributed by atoms with E-state index < -0.39 is 0 Å². The minimum Gasteiger partial charge on any atom is -0.461 e. The molecule has 0 fully saturated rings. The Labute approximate surface area is 382 Å². The van der Waals surface area contributed by atoms with E-state index in [9.17, 15) is 0 Å². The summed E-state index contributed by atoms with van der Waals surface area (Å²) >= 11 is 0. The fourth-order valence-corrected chi connectivity index (χ4v) is 9.96. The molecule has 0 aromatic heterocycles. The summed E-state index contributed by atoms with van der Waals surface area (Å²) < 4.78 is 14.0. The van der Waals surface area contributed by atoms with Crippen LogP contribution in [-0.2, 0) is 6.42 Å². The van der Waals surface area contributed by atoms with Crippen molar-refractivity contribution < 1.29 is 9.47 Å². The average Bonchev–Trinajstić information content (AvgIpc) is 3.38. The third-order valence-electron chi connectivity index (χ3n) is 13.3. The number of nitrogens with one attached hydrogen (secondary N) is 2. The van der Waals surface area contributed by atoms with E-state index in [0.717, 1.165) is 106 Å². The summed E-state index contributed by atoms with van der Waals surface area (Å²) in [5.74, 6) is 4.59. The molecule has 65 heavy (non-hydrogen) atoms. The first-order valence-electron chi connectivity index (χ1n) is 23.1. The number of benzene rings is 5. The van der Waals surface area contributed by atoms with Gasteiger partial charge in [0.2, 0.25) is 0 Å². The molecule has 3 heterocycles. The Balaban J connectivity index is 1.05. The highest BCUT2D eigenvalue weighted by Crippen LogP contribution is 2.49. The van der Waals surface area contributed by atoms with Crippen LogP contribution in [0.1, 0.15) is 83.6 Å². The molecule has 4 atom stereocenters. The highest BCUT2D eigenvalue weighted by Gasteiger charge is 2.38. The molecule has 0 radical (unpaired) electrons. The van der Waals surface area contributed by atoms with Crippen molar-refractivity contribution in [2.75, 3.05) is 0 Å². The van der Waals surface area contributed by atoms with Gasteiger partial charge in [0.05, 0.1) is 11.8 Å². The minimum atomic E-state index is -0.376. The first kappa shape index (κ1) is 40.3. The summed E-state index contributed by atoms with van der Waals surface area (Å²) in [6, 6.07) is 44.5. The fraction of sp³-hybridized carbons (Fsp3) is 0.186. The number of rotatable bonds is 10. The van der Waals surface area contributed by atoms with Crippen molar-refractivity contribution in [1.82, 2.24) is 10.6 Å². The molecule has 6 aliphatic rings. The molecule has 11 rings (SSSR count). The van der Waals surface area contributed by atoms with Gasteiger partial charge in [-0.3, -0.25) is 9.98 Å². The van der Waals surface area contributed by atoms with Crippen LogP contribution < -0.4 is 20.1 Å². The van der Waals surface area contributed by atoms with Crippen molar-refractivity contribution in [3.8, 4) is 17.2 Å². The van der Waals surface area contributed by atoms with Crippen molar-refractivity contribution in [1.29, 1.82) is 0 Å². The molecule has 2 N–H and O–H groups in total. The van der Waals surface area contributed by atoms with E-state index in [0.29, 0.717) is 6.42 Å². The quantitative estimate of drug-likeness (QED) is 0.147. The van der Waals surface area contributed by atoms with Crippen LogP contribution in [0.4, 0.5) is 0 Å². The standard InChI is InChI=1S/C59H52N4O2/c1-39-20-14-16-32-53(39)64-55-34-18-30-45(58-60-49(40-21-6-2-7-22-40)37-50(61-58)41-23-8-3-9-24-41)47(55)36-48-44-29-15-17-33-54(44)65-56-35-19-31-46(57(48)56)59-62-51(42-25-10-4-11-26-42)38-52(63-59)43-27-12-5-13-28-43/h2-8,10-18,20-23,25-27,29-34,37-38,43,48,51,58,60H,9,19,24,28,35-36H2,1H3,(H,62,63)/t43?,48-,51?,58?/m1/s1. The lowest BCUT2D eigenvalue weighted by molar-refractivity contribution is 0.368. The van der Waals surface area contributed by atoms with Crippen molar-refractivity contribution in [2.45, 2.75) is 63.6 Å². The van der Waals surface area contributed by atoms with Gasteiger partial charge in [-0.15, -0.1) is 0 Å². The van der Waals surface area contributed by atoms with Crippen molar-refractivity contribution in [3.63, 3.8) is 0 Å². The summed E-state index contributed by atoms with van der Waals surface area (Å²) in [6.45, 7) is 2.11. The van der Waals surface area contributed by atoms with Gasteiger partial charge in [0.25, 0.3) is 0 Å². The largest absolute Gasteiger partial charge is 0.461 e. The van der Waals surface area contributed by atoms with Crippen molar-refractivity contribution in [3.05, 3.63) is 250 Å². The van der Waals surface area contributed by atoms with Crippen LogP contribution in [0.5, 0.6) is 17.2 Å². The highest BCUT2D eigenvalue weighted by atomic mass is 16.5. The molecule has 320 valence electrons. The molecule has 0 saturated heterocycles. The molecule has 0 amide bonds. The number of ether oxygens (including phenoxy) is 2. The van der Waals surface area contributed by atoms with Crippen LogP contribution in [0.25, 0.3) is 5.70 Å². The normalized spacial score (nSPS) is 22.0. The Hall–Kier alpha value is -7.44. The second kappa shape index (κ2) is 18.0. The maximum Gasteiger partial charge on any atom is 0.145 e. The first-order valence-corrected chi connectivity index (χ1v) is 23.1. The predicted octanol–water partition coefficient (Wildman–Crippen LogP) is 13.6. The zero-order chi connectivity index (χ0) is 43.5. The Bertz CT molecular complexity index is 2960. The summed E-state index contributed by atoms with van der Waals surface area (Å²) in [5, 5.41) is 7.81. The molecule has 5 aromatic rings. The first-order chi connectivity index (χ1) is 32.1. The van der Waals surface area contributed by atoms with Crippen LogP contribution in [0.2, 0.25) is 0 Å². The van der Waals surface area contributed by atoms with Crippen LogP contribution in [-0.4, -0.2) is 11.5 Å². The number of para-hydroxylation sites is 2. The summed E-state index contributed by atoms with van der Waals surface area (Å²) in [6.07, 6.45) is 27.2. The Kier molecular flexibility index (Phi) is 11.2. The van der Waals surface area contributed by atoms with E-state index in [1.807, 2.05) is 6.07 Å². The average molecular weight is 849 g/mol. The van der Waals surface area contributed by atoms with Gasteiger partial charge in [0.1, 0.15) is 35.0 Å². The maximum absolute atomic E-state index is 7.05. The smallest absolute Gasteiger partial charge is 0.145 e. The van der Waals surface area contributed by atoms with Gasteiger partial charge in [-0.05, 0) is 91.6 Å². The summed E-state index contributed by atoms with van der Waals surface area (Å²) in [5.41, 5.74) is 13.4. The van der Waals surface area contributed by atoms with E-state index in [1.54, 1.807) is 0 Å². The van der Waals surface area contributed by atoms with E-state index in [-0.39, 0.29) is 24.0 Å². The van der Waals surface area contributed by atoms with Crippen LogP contribution in [0.15, 0.2) is 226 Å². The van der Waals surface area contributed by atoms with Gasteiger partial charge in [0.15, 0.2) is 0 Å². The number of hydrogen-bond donors (Lipinski definition) is 2. The Morgan fingerprint density at radius 1 is 0.738 bits per heavy atom. The second-order valence-corrected chi connectivity index (χ2v) is 17.5.